The van der Waals surface area contributed by atoms with Gasteiger partial charge in [-0.05, 0) is 64.3 Å². The molecule has 0 bridgehead atoms. The number of alkyl carbamates (subject to hydrolysis) is 1. The van der Waals surface area contributed by atoms with Crippen LogP contribution in [0.2, 0.25) is 0 Å². The maximum absolute atomic E-state index is 12.6. The molecule has 1 amide bonds. The largest absolute Gasteiger partial charge is 0.457 e. The number of hydrogen-bond acceptors (Lipinski definition) is 6. The lowest BCUT2D eigenvalue weighted by Gasteiger charge is -2.32. The van der Waals surface area contributed by atoms with E-state index in [4.69, 9.17) is 9.47 Å². The highest BCUT2D eigenvalue weighted by Crippen LogP contribution is 2.23. The van der Waals surface area contributed by atoms with Gasteiger partial charge >= 0.3 is 12.1 Å². The average molecular weight is 386 g/mol. The molecule has 1 heterocycles. The summed E-state index contributed by atoms with van der Waals surface area (Å²) in [6.07, 6.45) is 5.71. The van der Waals surface area contributed by atoms with Crippen molar-refractivity contribution >= 4 is 12.1 Å². The Morgan fingerprint density at radius 1 is 1.07 bits per heavy atom. The van der Waals surface area contributed by atoms with Crippen LogP contribution in [0.25, 0.3) is 5.69 Å². The minimum absolute atomic E-state index is 0.246. The average Bonchev–Trinajstić information content (AvgIpc) is 3.16. The SMILES string of the molecule is CC(C)(C)OC(=O)N[C@@H]1CCCC[C@H]1OC(=O)c1ccc(-n2cnnc2)cc1. The standard InChI is InChI=1S/C20H26N4O4/c1-20(2,3)28-19(26)23-16-6-4-5-7-17(16)27-18(25)14-8-10-15(11-9-14)24-12-21-22-13-24/h8-13,16-17H,4-7H2,1-3H3,(H,23,26)/t16-,17-/m1/s1. The van der Waals surface area contributed by atoms with E-state index in [1.54, 1.807) is 41.5 Å². The molecule has 1 aromatic carbocycles. The second-order valence-corrected chi connectivity index (χ2v) is 7.90. The summed E-state index contributed by atoms with van der Waals surface area (Å²) in [4.78, 5) is 24.7. The Kier molecular flexibility index (Phi) is 5.96. The van der Waals surface area contributed by atoms with Gasteiger partial charge in [0.05, 0.1) is 11.6 Å². The van der Waals surface area contributed by atoms with E-state index in [1.165, 1.54) is 0 Å². The number of rotatable bonds is 4. The van der Waals surface area contributed by atoms with Crippen molar-refractivity contribution in [3.8, 4) is 5.69 Å². The van der Waals surface area contributed by atoms with Crippen molar-refractivity contribution in [2.24, 2.45) is 0 Å². The van der Waals surface area contributed by atoms with Crippen molar-refractivity contribution < 1.29 is 19.1 Å². The van der Waals surface area contributed by atoms with Crippen LogP contribution in [0.15, 0.2) is 36.9 Å². The van der Waals surface area contributed by atoms with Gasteiger partial charge in [0, 0.05) is 5.69 Å². The van der Waals surface area contributed by atoms with E-state index in [0.717, 1.165) is 24.9 Å². The molecule has 0 radical (unpaired) electrons. The van der Waals surface area contributed by atoms with Gasteiger partial charge in [-0.3, -0.25) is 4.57 Å². The highest BCUT2D eigenvalue weighted by atomic mass is 16.6. The number of hydrogen-bond donors (Lipinski definition) is 1. The smallest absolute Gasteiger partial charge is 0.408 e. The second-order valence-electron chi connectivity index (χ2n) is 7.90. The topological polar surface area (TPSA) is 95.3 Å². The van der Waals surface area contributed by atoms with E-state index in [0.29, 0.717) is 12.0 Å². The summed E-state index contributed by atoms with van der Waals surface area (Å²) in [6, 6.07) is 6.77. The number of benzene rings is 1. The van der Waals surface area contributed by atoms with Crippen molar-refractivity contribution in [1.82, 2.24) is 20.1 Å². The molecule has 1 aromatic heterocycles. The number of ether oxygens (including phenoxy) is 2. The van der Waals surface area contributed by atoms with E-state index in [2.05, 4.69) is 15.5 Å². The van der Waals surface area contributed by atoms with E-state index in [9.17, 15) is 9.59 Å². The zero-order valence-electron chi connectivity index (χ0n) is 16.4. The lowest BCUT2D eigenvalue weighted by atomic mass is 9.92. The Morgan fingerprint density at radius 2 is 1.71 bits per heavy atom. The lowest BCUT2D eigenvalue weighted by Crippen LogP contribution is -2.48. The minimum Gasteiger partial charge on any atom is -0.457 e. The van der Waals surface area contributed by atoms with Crippen molar-refractivity contribution in [2.75, 3.05) is 0 Å². The van der Waals surface area contributed by atoms with Crippen LogP contribution in [0.4, 0.5) is 4.79 Å². The summed E-state index contributed by atoms with van der Waals surface area (Å²) in [5.74, 6) is -0.404. The van der Waals surface area contributed by atoms with Gasteiger partial charge in [0.15, 0.2) is 0 Å². The third kappa shape index (κ3) is 5.31. The van der Waals surface area contributed by atoms with E-state index in [-0.39, 0.29) is 12.1 Å². The second kappa shape index (κ2) is 8.41. The first kappa shape index (κ1) is 19.9. The predicted molar refractivity (Wildman–Crippen MR) is 102 cm³/mol. The fourth-order valence-electron chi connectivity index (χ4n) is 3.17. The fourth-order valence-corrected chi connectivity index (χ4v) is 3.17. The lowest BCUT2D eigenvalue weighted by molar-refractivity contribution is 0.00431. The van der Waals surface area contributed by atoms with Crippen LogP contribution in [0.3, 0.4) is 0 Å². The molecule has 1 fully saturated rings. The monoisotopic (exact) mass is 386 g/mol. The third-order valence-electron chi connectivity index (χ3n) is 4.48. The molecule has 8 heteroatoms. The third-order valence-corrected chi connectivity index (χ3v) is 4.48. The summed E-state index contributed by atoms with van der Waals surface area (Å²) in [7, 11) is 0. The Labute approximate surface area is 164 Å². The van der Waals surface area contributed by atoms with Gasteiger partial charge in [-0.2, -0.15) is 0 Å². The molecule has 1 N–H and O–H groups in total. The Hall–Kier alpha value is -2.90. The molecule has 2 atom stereocenters. The van der Waals surface area contributed by atoms with E-state index >= 15 is 0 Å². The molecule has 0 spiro atoms. The molecule has 150 valence electrons. The van der Waals surface area contributed by atoms with Crippen LogP contribution in [-0.2, 0) is 9.47 Å². The number of esters is 1. The van der Waals surface area contributed by atoms with Crippen LogP contribution < -0.4 is 5.32 Å². The van der Waals surface area contributed by atoms with Gasteiger partial charge in [0.2, 0.25) is 0 Å². The van der Waals surface area contributed by atoms with Crippen molar-refractivity contribution in [1.29, 1.82) is 0 Å². The highest BCUT2D eigenvalue weighted by Gasteiger charge is 2.31. The predicted octanol–water partition coefficient (Wildman–Crippen LogP) is 3.26. The Balaban J connectivity index is 1.61. The maximum atomic E-state index is 12.6. The molecule has 1 saturated carbocycles. The maximum Gasteiger partial charge on any atom is 0.408 e. The molecule has 0 unspecified atom stereocenters. The van der Waals surface area contributed by atoms with Gasteiger partial charge in [0.25, 0.3) is 0 Å². The number of nitrogens with one attached hydrogen (secondary N) is 1. The quantitative estimate of drug-likeness (QED) is 0.811. The molecular formula is C20H26N4O4. The number of amides is 1. The van der Waals surface area contributed by atoms with Crippen LogP contribution in [0, 0.1) is 0 Å². The molecule has 0 aliphatic heterocycles. The van der Waals surface area contributed by atoms with Gasteiger partial charge in [-0.1, -0.05) is 6.42 Å². The molecule has 2 aromatic rings. The van der Waals surface area contributed by atoms with Gasteiger partial charge in [-0.15, -0.1) is 10.2 Å². The molecule has 3 rings (SSSR count). The van der Waals surface area contributed by atoms with Crippen LogP contribution in [-0.4, -0.2) is 44.6 Å². The van der Waals surface area contributed by atoms with Crippen LogP contribution >= 0.6 is 0 Å². The van der Waals surface area contributed by atoms with Crippen molar-refractivity contribution in [2.45, 2.75) is 64.2 Å². The van der Waals surface area contributed by atoms with E-state index in [1.807, 2.05) is 20.8 Å². The number of carbonyl (C=O) groups is 2. The first-order chi connectivity index (χ1) is 13.3. The van der Waals surface area contributed by atoms with Crippen LogP contribution in [0.5, 0.6) is 0 Å². The normalized spacial score (nSPS) is 19.7. The van der Waals surface area contributed by atoms with E-state index < -0.39 is 17.7 Å². The van der Waals surface area contributed by atoms with Crippen molar-refractivity contribution in [3.05, 3.63) is 42.5 Å². The molecule has 1 aliphatic rings. The Morgan fingerprint density at radius 3 is 2.36 bits per heavy atom. The van der Waals surface area contributed by atoms with Crippen LogP contribution in [0.1, 0.15) is 56.8 Å². The first-order valence-electron chi connectivity index (χ1n) is 9.47. The summed E-state index contributed by atoms with van der Waals surface area (Å²) in [5.41, 5.74) is 0.736. The Bertz CT molecular complexity index is 797. The zero-order chi connectivity index (χ0) is 20.1. The highest BCUT2D eigenvalue weighted by molar-refractivity contribution is 5.89. The van der Waals surface area contributed by atoms with Gasteiger partial charge < -0.3 is 14.8 Å². The molecule has 1 aliphatic carbocycles. The van der Waals surface area contributed by atoms with Crippen molar-refractivity contribution in [3.63, 3.8) is 0 Å². The number of nitrogens with zero attached hydrogens (tertiary/aromatic N) is 3. The summed E-state index contributed by atoms with van der Waals surface area (Å²) >= 11 is 0. The molecule has 0 saturated heterocycles. The minimum atomic E-state index is -0.572. The number of aromatic nitrogens is 3. The first-order valence-corrected chi connectivity index (χ1v) is 9.47. The summed E-state index contributed by atoms with van der Waals surface area (Å²) in [5, 5.41) is 10.4. The zero-order valence-corrected chi connectivity index (χ0v) is 16.4. The molecule has 8 nitrogen and oxygen atoms in total. The number of carbonyl (C=O) groups excluding carboxylic acids is 2. The summed E-state index contributed by atoms with van der Waals surface area (Å²) in [6.45, 7) is 5.44. The van der Waals surface area contributed by atoms with Gasteiger partial charge in [0.1, 0.15) is 24.4 Å². The van der Waals surface area contributed by atoms with Gasteiger partial charge in [-0.25, -0.2) is 9.59 Å². The molecule has 28 heavy (non-hydrogen) atoms. The summed E-state index contributed by atoms with van der Waals surface area (Å²) < 4.78 is 12.8. The molecular weight excluding hydrogens is 360 g/mol. The fraction of sp³-hybridized carbons (Fsp3) is 0.500.